The molecule has 2 fully saturated rings. The molecule has 5 nitrogen and oxygen atoms in total. The van der Waals surface area contributed by atoms with Crippen LogP contribution in [0.2, 0.25) is 0 Å². The Hall–Kier alpha value is -0.810. The second-order valence-corrected chi connectivity index (χ2v) is 5.78. The molecule has 1 unspecified atom stereocenters. The summed E-state index contributed by atoms with van der Waals surface area (Å²) in [6.07, 6.45) is 6.61. The maximum Gasteiger partial charge on any atom is 0.240 e. The van der Waals surface area contributed by atoms with Crippen molar-refractivity contribution in [3.63, 3.8) is 0 Å². The van der Waals surface area contributed by atoms with Crippen molar-refractivity contribution in [3.8, 4) is 0 Å². The minimum Gasteiger partial charge on any atom is -0.356 e. The number of nitrogens with one attached hydrogen (secondary N) is 2. The van der Waals surface area contributed by atoms with Gasteiger partial charge in [0.05, 0.1) is 12.5 Å². The van der Waals surface area contributed by atoms with E-state index in [0.717, 1.165) is 19.6 Å². The monoisotopic (exact) mass is 303 g/mol. The average molecular weight is 304 g/mol. The highest BCUT2D eigenvalue weighted by Gasteiger charge is 2.27. The lowest BCUT2D eigenvalue weighted by Gasteiger charge is -2.30. The van der Waals surface area contributed by atoms with Gasteiger partial charge in [0.25, 0.3) is 0 Å². The number of carbonyl (C=O) groups excluding carboxylic acids is 2. The van der Waals surface area contributed by atoms with Crippen molar-refractivity contribution in [2.75, 3.05) is 26.7 Å². The van der Waals surface area contributed by atoms with Crippen LogP contribution in [0, 0.1) is 5.92 Å². The number of likely N-dealkylation sites (N-methyl/N-ethyl adjacent to an activating group) is 1. The van der Waals surface area contributed by atoms with Crippen LogP contribution in [0.1, 0.15) is 38.5 Å². The Bertz CT molecular complexity index is 332. The maximum atomic E-state index is 11.9. The summed E-state index contributed by atoms with van der Waals surface area (Å²) >= 11 is 0. The van der Waals surface area contributed by atoms with Crippen molar-refractivity contribution >= 4 is 24.2 Å². The van der Waals surface area contributed by atoms with Crippen LogP contribution in [0.5, 0.6) is 0 Å². The molecule has 0 radical (unpaired) electrons. The van der Waals surface area contributed by atoms with Gasteiger partial charge in [-0.15, -0.1) is 12.4 Å². The summed E-state index contributed by atoms with van der Waals surface area (Å²) in [5, 5.41) is 6.10. The molecule has 116 valence electrons. The highest BCUT2D eigenvalue weighted by Crippen LogP contribution is 2.22. The number of piperazine rings is 1. The Labute approximate surface area is 127 Å². The summed E-state index contributed by atoms with van der Waals surface area (Å²) in [4.78, 5) is 25.4. The molecule has 0 aromatic rings. The third kappa shape index (κ3) is 4.94. The normalized spacial score (nSPS) is 24.1. The standard InChI is InChI=1S/C14H25N3O2.ClH/c1-17-8-7-15-12(14(17)19)9-13(18)16-10-11-5-3-2-4-6-11;/h11-12,15H,2-10H2,1H3,(H,16,18);1H. The lowest BCUT2D eigenvalue weighted by Crippen LogP contribution is -2.54. The topological polar surface area (TPSA) is 61.4 Å². The number of hydrogen-bond donors (Lipinski definition) is 2. The van der Waals surface area contributed by atoms with Gasteiger partial charge in [0.2, 0.25) is 11.8 Å². The van der Waals surface area contributed by atoms with E-state index in [9.17, 15) is 9.59 Å². The van der Waals surface area contributed by atoms with Gasteiger partial charge >= 0.3 is 0 Å². The summed E-state index contributed by atoms with van der Waals surface area (Å²) in [5.74, 6) is 0.654. The largest absolute Gasteiger partial charge is 0.356 e. The highest BCUT2D eigenvalue weighted by molar-refractivity contribution is 5.88. The molecular formula is C14H26ClN3O2. The van der Waals surface area contributed by atoms with Crippen molar-refractivity contribution in [3.05, 3.63) is 0 Å². The fourth-order valence-electron chi connectivity index (χ4n) is 2.94. The Morgan fingerprint density at radius 3 is 2.75 bits per heavy atom. The van der Waals surface area contributed by atoms with Crippen molar-refractivity contribution in [2.24, 2.45) is 5.92 Å². The fourth-order valence-corrected chi connectivity index (χ4v) is 2.94. The van der Waals surface area contributed by atoms with Gasteiger partial charge in [-0.05, 0) is 18.8 Å². The zero-order chi connectivity index (χ0) is 13.7. The molecule has 2 N–H and O–H groups in total. The van der Waals surface area contributed by atoms with Gasteiger partial charge in [-0.3, -0.25) is 9.59 Å². The van der Waals surface area contributed by atoms with Crippen molar-refractivity contribution in [1.82, 2.24) is 15.5 Å². The molecule has 2 amide bonds. The van der Waals surface area contributed by atoms with Gasteiger partial charge in [0.1, 0.15) is 0 Å². The molecular weight excluding hydrogens is 278 g/mol. The van der Waals surface area contributed by atoms with Crippen LogP contribution < -0.4 is 10.6 Å². The molecule has 2 rings (SSSR count). The molecule has 0 aromatic carbocycles. The molecule has 0 aromatic heterocycles. The Balaban J connectivity index is 0.00000200. The molecule has 1 saturated heterocycles. The summed E-state index contributed by atoms with van der Waals surface area (Å²) < 4.78 is 0. The van der Waals surface area contributed by atoms with Crippen LogP contribution in [-0.4, -0.2) is 49.4 Å². The molecule has 1 saturated carbocycles. The first kappa shape index (κ1) is 17.2. The zero-order valence-electron chi connectivity index (χ0n) is 12.2. The lowest BCUT2D eigenvalue weighted by molar-refractivity contribution is -0.136. The molecule has 2 aliphatic rings. The van der Waals surface area contributed by atoms with Crippen LogP contribution in [0.3, 0.4) is 0 Å². The summed E-state index contributed by atoms with van der Waals surface area (Å²) in [5.41, 5.74) is 0. The van der Waals surface area contributed by atoms with E-state index in [-0.39, 0.29) is 36.7 Å². The molecule has 1 heterocycles. The first-order valence-corrected chi connectivity index (χ1v) is 7.42. The van der Waals surface area contributed by atoms with Gasteiger partial charge in [-0.1, -0.05) is 19.3 Å². The second kappa shape index (κ2) is 8.47. The van der Waals surface area contributed by atoms with Gasteiger partial charge in [0, 0.05) is 26.7 Å². The van der Waals surface area contributed by atoms with E-state index in [1.807, 2.05) is 0 Å². The van der Waals surface area contributed by atoms with Gasteiger partial charge in [0.15, 0.2) is 0 Å². The lowest BCUT2D eigenvalue weighted by atomic mass is 9.89. The third-order valence-corrected chi connectivity index (χ3v) is 4.21. The number of nitrogens with zero attached hydrogens (tertiary/aromatic N) is 1. The number of rotatable bonds is 4. The minimum absolute atomic E-state index is 0. The van der Waals surface area contributed by atoms with Gasteiger partial charge in [-0.2, -0.15) is 0 Å². The molecule has 0 bridgehead atoms. The summed E-state index contributed by atoms with van der Waals surface area (Å²) in [7, 11) is 1.79. The summed E-state index contributed by atoms with van der Waals surface area (Å²) in [6.45, 7) is 2.26. The predicted molar refractivity (Wildman–Crippen MR) is 80.9 cm³/mol. The van der Waals surface area contributed by atoms with Gasteiger partial charge in [-0.25, -0.2) is 0 Å². The van der Waals surface area contributed by atoms with Crippen LogP contribution >= 0.6 is 12.4 Å². The van der Waals surface area contributed by atoms with E-state index in [1.165, 1.54) is 32.1 Å². The van der Waals surface area contributed by atoms with Gasteiger partial charge < -0.3 is 15.5 Å². The zero-order valence-corrected chi connectivity index (χ0v) is 13.0. The van der Waals surface area contributed by atoms with Crippen LogP contribution in [0.15, 0.2) is 0 Å². The van der Waals surface area contributed by atoms with Crippen molar-refractivity contribution in [2.45, 2.75) is 44.6 Å². The quantitative estimate of drug-likeness (QED) is 0.812. The first-order chi connectivity index (χ1) is 9.16. The first-order valence-electron chi connectivity index (χ1n) is 7.42. The van der Waals surface area contributed by atoms with Crippen molar-refractivity contribution < 1.29 is 9.59 Å². The number of hydrogen-bond acceptors (Lipinski definition) is 3. The van der Waals surface area contributed by atoms with E-state index in [1.54, 1.807) is 11.9 Å². The second-order valence-electron chi connectivity index (χ2n) is 5.78. The molecule has 1 atom stereocenters. The van der Waals surface area contributed by atoms with E-state index in [4.69, 9.17) is 0 Å². The van der Waals surface area contributed by atoms with E-state index in [0.29, 0.717) is 5.92 Å². The van der Waals surface area contributed by atoms with Crippen LogP contribution in [0.25, 0.3) is 0 Å². The summed E-state index contributed by atoms with van der Waals surface area (Å²) in [6, 6.07) is -0.342. The smallest absolute Gasteiger partial charge is 0.240 e. The molecule has 6 heteroatoms. The number of carbonyl (C=O) groups is 2. The number of halogens is 1. The van der Waals surface area contributed by atoms with E-state index in [2.05, 4.69) is 10.6 Å². The van der Waals surface area contributed by atoms with Crippen LogP contribution in [-0.2, 0) is 9.59 Å². The Morgan fingerprint density at radius 1 is 1.35 bits per heavy atom. The third-order valence-electron chi connectivity index (χ3n) is 4.21. The molecule has 0 spiro atoms. The highest BCUT2D eigenvalue weighted by atomic mass is 35.5. The fraction of sp³-hybridized carbons (Fsp3) is 0.857. The number of amides is 2. The minimum atomic E-state index is -0.342. The van der Waals surface area contributed by atoms with Crippen molar-refractivity contribution in [1.29, 1.82) is 0 Å². The Morgan fingerprint density at radius 2 is 2.05 bits per heavy atom. The van der Waals surface area contributed by atoms with Crippen LogP contribution in [0.4, 0.5) is 0 Å². The SMILES string of the molecule is CN1CCNC(CC(=O)NCC2CCCCC2)C1=O.Cl. The molecule has 1 aliphatic carbocycles. The average Bonchev–Trinajstić information content (AvgIpc) is 2.43. The van der Waals surface area contributed by atoms with E-state index < -0.39 is 0 Å². The molecule has 20 heavy (non-hydrogen) atoms. The molecule has 1 aliphatic heterocycles. The predicted octanol–water partition coefficient (Wildman–Crippen LogP) is 0.925. The van der Waals surface area contributed by atoms with E-state index >= 15 is 0 Å². The maximum absolute atomic E-state index is 11.9. The Kier molecular flexibility index (Phi) is 7.30.